The van der Waals surface area contributed by atoms with Crippen LogP contribution in [0.2, 0.25) is 0 Å². The molecule has 1 N–H and O–H groups in total. The summed E-state index contributed by atoms with van der Waals surface area (Å²) in [7, 11) is 3.45. The summed E-state index contributed by atoms with van der Waals surface area (Å²) in [5.41, 5.74) is 4.16. The molecule has 0 spiro atoms. The van der Waals surface area contributed by atoms with Gasteiger partial charge in [0.05, 0.1) is 20.3 Å². The predicted molar refractivity (Wildman–Crippen MR) is 130 cm³/mol. The molecule has 0 radical (unpaired) electrons. The topological polar surface area (TPSA) is 54.4 Å². The smallest absolute Gasteiger partial charge is 0.152 e. The van der Waals surface area contributed by atoms with Crippen molar-refractivity contribution in [3.05, 3.63) is 58.6 Å². The van der Waals surface area contributed by atoms with Gasteiger partial charge in [-0.2, -0.15) is 0 Å². The molecule has 4 rings (SSSR count). The van der Waals surface area contributed by atoms with Crippen LogP contribution in [-0.4, -0.2) is 61.0 Å². The zero-order chi connectivity index (χ0) is 23.6. The van der Waals surface area contributed by atoms with E-state index < -0.39 is 0 Å². The van der Waals surface area contributed by atoms with Gasteiger partial charge in [0.2, 0.25) is 0 Å². The molecule has 2 heterocycles. The molecule has 33 heavy (non-hydrogen) atoms. The molecule has 0 aromatic heterocycles. The van der Waals surface area contributed by atoms with E-state index in [4.69, 9.17) is 14.2 Å². The second-order valence-electron chi connectivity index (χ2n) is 10.6. The van der Waals surface area contributed by atoms with Crippen LogP contribution in [0.1, 0.15) is 63.0 Å². The molecule has 1 aromatic rings. The second kappa shape index (κ2) is 9.79. The van der Waals surface area contributed by atoms with Gasteiger partial charge < -0.3 is 19.3 Å². The van der Waals surface area contributed by atoms with Crippen molar-refractivity contribution in [3.8, 4) is 0 Å². The Morgan fingerprint density at radius 1 is 1.18 bits per heavy atom. The number of ether oxygens (including phenoxy) is 3. The molecule has 2 atom stereocenters. The first-order valence-corrected chi connectivity index (χ1v) is 12.1. The Hall–Kier alpha value is -1.86. The van der Waals surface area contributed by atoms with Crippen molar-refractivity contribution in [1.29, 1.82) is 0 Å². The number of aliphatic hydroxyl groups excluding tert-OH is 1. The maximum atomic E-state index is 10.0. The first kappa shape index (κ1) is 24.3. The zero-order valence-electron chi connectivity index (χ0n) is 20.9. The molecule has 2 aliphatic heterocycles. The summed E-state index contributed by atoms with van der Waals surface area (Å²) in [6, 6.07) is 6.68. The van der Waals surface area contributed by atoms with Crippen molar-refractivity contribution in [1.82, 2.24) is 9.80 Å². The summed E-state index contributed by atoms with van der Waals surface area (Å²) < 4.78 is 17.0. The first-order valence-electron chi connectivity index (χ1n) is 12.1. The third-order valence-corrected chi connectivity index (χ3v) is 7.79. The van der Waals surface area contributed by atoms with Crippen molar-refractivity contribution in [3.63, 3.8) is 0 Å². The normalized spacial score (nSPS) is 25.4. The number of hydrogen-bond acceptors (Lipinski definition) is 6. The number of benzene rings is 1. The molecule has 0 bridgehead atoms. The molecular formula is C27H40N2O4. The third-order valence-electron chi connectivity index (χ3n) is 7.79. The monoisotopic (exact) mass is 456 g/mol. The maximum Gasteiger partial charge on any atom is 0.152 e. The molecule has 0 amide bonds. The first-order chi connectivity index (χ1) is 15.8. The highest BCUT2D eigenvalue weighted by molar-refractivity contribution is 5.39. The van der Waals surface area contributed by atoms with Crippen molar-refractivity contribution < 1.29 is 19.3 Å². The Labute approximate surface area is 198 Å². The largest absolute Gasteiger partial charge is 0.504 e. The van der Waals surface area contributed by atoms with Gasteiger partial charge in [-0.05, 0) is 49.3 Å². The number of morpholine rings is 1. The van der Waals surface area contributed by atoms with Crippen LogP contribution >= 0.6 is 0 Å². The van der Waals surface area contributed by atoms with Crippen LogP contribution in [-0.2, 0) is 27.3 Å². The lowest BCUT2D eigenvalue weighted by atomic mass is 9.76. The van der Waals surface area contributed by atoms with Gasteiger partial charge in [0.15, 0.2) is 5.76 Å². The van der Waals surface area contributed by atoms with Crippen molar-refractivity contribution >= 4 is 0 Å². The number of fused-ring (bicyclic) bond motifs is 1. The highest BCUT2D eigenvalue weighted by atomic mass is 16.5. The van der Waals surface area contributed by atoms with E-state index in [0.717, 1.165) is 58.7 Å². The van der Waals surface area contributed by atoms with Crippen LogP contribution in [0.25, 0.3) is 0 Å². The maximum absolute atomic E-state index is 10.0. The van der Waals surface area contributed by atoms with Gasteiger partial charge in [-0.1, -0.05) is 31.2 Å². The van der Waals surface area contributed by atoms with Crippen LogP contribution in [0.5, 0.6) is 0 Å². The molecule has 3 aliphatic rings. The van der Waals surface area contributed by atoms with Gasteiger partial charge in [0.25, 0.3) is 0 Å². The fourth-order valence-electron chi connectivity index (χ4n) is 5.38. The van der Waals surface area contributed by atoms with Gasteiger partial charge >= 0.3 is 0 Å². The van der Waals surface area contributed by atoms with Crippen molar-refractivity contribution in [2.75, 3.05) is 40.5 Å². The van der Waals surface area contributed by atoms with E-state index >= 15 is 0 Å². The molecule has 1 saturated heterocycles. The molecule has 1 fully saturated rings. The van der Waals surface area contributed by atoms with Gasteiger partial charge in [-0.25, -0.2) is 0 Å². The SMILES string of the molecule is COC1=C(O)C=CC(C)(CCC(C)(C)N2Cc3cccc(C(OC)N4CCOCC4)c3C2)C1. The quantitative estimate of drug-likeness (QED) is 0.599. The lowest BCUT2D eigenvalue weighted by Gasteiger charge is -2.39. The van der Waals surface area contributed by atoms with Crippen LogP contribution in [0.3, 0.4) is 0 Å². The van der Waals surface area contributed by atoms with Gasteiger partial charge in [0.1, 0.15) is 12.0 Å². The Bertz CT molecular complexity index is 903. The van der Waals surface area contributed by atoms with Crippen LogP contribution < -0.4 is 0 Å². The van der Waals surface area contributed by atoms with E-state index in [2.05, 4.69) is 54.8 Å². The molecule has 2 unspecified atom stereocenters. The Morgan fingerprint density at radius 2 is 1.94 bits per heavy atom. The van der Waals surface area contributed by atoms with Crippen LogP contribution in [0, 0.1) is 5.41 Å². The van der Waals surface area contributed by atoms with Crippen LogP contribution in [0.4, 0.5) is 0 Å². The highest BCUT2D eigenvalue weighted by Gasteiger charge is 2.37. The molecule has 1 aliphatic carbocycles. The average molecular weight is 457 g/mol. The Kier molecular flexibility index (Phi) is 7.20. The van der Waals surface area contributed by atoms with E-state index in [1.807, 2.05) is 7.11 Å². The number of allylic oxidation sites excluding steroid dienone is 3. The molecule has 1 aromatic carbocycles. The average Bonchev–Trinajstić information content (AvgIpc) is 3.27. The number of rotatable bonds is 8. The fourth-order valence-corrected chi connectivity index (χ4v) is 5.38. The summed E-state index contributed by atoms with van der Waals surface area (Å²) in [6.45, 7) is 12.2. The molecular weight excluding hydrogens is 416 g/mol. The minimum Gasteiger partial charge on any atom is -0.504 e. The van der Waals surface area contributed by atoms with Gasteiger partial charge in [-0.15, -0.1) is 0 Å². The van der Waals surface area contributed by atoms with E-state index in [1.54, 1.807) is 13.2 Å². The number of methoxy groups -OCH3 is 2. The summed E-state index contributed by atoms with van der Waals surface area (Å²) >= 11 is 0. The highest BCUT2D eigenvalue weighted by Crippen LogP contribution is 2.42. The fraction of sp³-hybridized carbons (Fsp3) is 0.630. The second-order valence-corrected chi connectivity index (χ2v) is 10.6. The minimum atomic E-state index is -0.0230. The summed E-state index contributed by atoms with van der Waals surface area (Å²) in [5, 5.41) is 10.0. The summed E-state index contributed by atoms with van der Waals surface area (Å²) in [5.74, 6) is 0.939. The van der Waals surface area contributed by atoms with Crippen LogP contribution in [0.15, 0.2) is 41.9 Å². The number of aliphatic hydroxyl groups is 1. The molecule has 0 saturated carbocycles. The van der Waals surface area contributed by atoms with E-state index in [-0.39, 0.29) is 22.9 Å². The molecule has 6 nitrogen and oxygen atoms in total. The lowest BCUT2D eigenvalue weighted by Crippen LogP contribution is -2.41. The lowest BCUT2D eigenvalue weighted by molar-refractivity contribution is -0.0816. The van der Waals surface area contributed by atoms with E-state index in [9.17, 15) is 5.11 Å². The number of nitrogens with zero attached hydrogens (tertiary/aromatic N) is 2. The predicted octanol–water partition coefficient (Wildman–Crippen LogP) is 4.92. The van der Waals surface area contributed by atoms with Gasteiger partial charge in [-0.3, -0.25) is 9.80 Å². The zero-order valence-corrected chi connectivity index (χ0v) is 20.9. The summed E-state index contributed by atoms with van der Waals surface area (Å²) in [6.07, 6.45) is 6.75. The Morgan fingerprint density at radius 3 is 2.64 bits per heavy atom. The van der Waals surface area contributed by atoms with E-state index in [0.29, 0.717) is 5.76 Å². The Balaban J connectivity index is 1.45. The molecule has 6 heteroatoms. The number of hydrogen-bond donors (Lipinski definition) is 1. The van der Waals surface area contributed by atoms with Gasteiger partial charge in [0, 0.05) is 50.8 Å². The standard InChI is InChI=1S/C27H40N2O4/c1-26(2,11-12-27(3)10-9-23(30)24(17-27)31-4)29-18-20-7-6-8-21(22(20)19-29)25(32-5)28-13-15-33-16-14-28/h6-10,25,30H,11-19H2,1-5H3. The minimum absolute atomic E-state index is 0.00986. The third kappa shape index (κ3) is 5.14. The van der Waals surface area contributed by atoms with Crippen molar-refractivity contribution in [2.45, 2.75) is 64.9 Å². The summed E-state index contributed by atoms with van der Waals surface area (Å²) in [4.78, 5) is 4.99. The molecule has 182 valence electrons. The van der Waals surface area contributed by atoms with Crippen molar-refractivity contribution in [2.24, 2.45) is 5.41 Å². The van der Waals surface area contributed by atoms with E-state index in [1.165, 1.54) is 16.7 Å².